The highest BCUT2D eigenvalue weighted by atomic mass is 16.5. The second-order valence-corrected chi connectivity index (χ2v) is 4.47. The third-order valence-electron chi connectivity index (χ3n) is 3.04. The lowest BCUT2D eigenvalue weighted by Crippen LogP contribution is -2.34. The summed E-state index contributed by atoms with van der Waals surface area (Å²) in [4.78, 5) is 0. The van der Waals surface area contributed by atoms with Crippen molar-refractivity contribution in [2.24, 2.45) is 5.92 Å². The highest BCUT2D eigenvalue weighted by molar-refractivity contribution is 4.75. The Kier molecular flexibility index (Phi) is 6.20. The SMILES string of the molecule is CCOCCCNC1CCCC(C)C1. The molecule has 1 fully saturated rings. The number of rotatable bonds is 6. The summed E-state index contributed by atoms with van der Waals surface area (Å²) in [5.74, 6) is 0.924. The Labute approximate surface area is 88.4 Å². The molecule has 1 N–H and O–H groups in total. The maximum Gasteiger partial charge on any atom is 0.0477 e. The van der Waals surface area contributed by atoms with Crippen molar-refractivity contribution in [3.8, 4) is 0 Å². The molecule has 0 radical (unpaired) electrons. The van der Waals surface area contributed by atoms with E-state index in [-0.39, 0.29) is 0 Å². The van der Waals surface area contributed by atoms with Crippen LogP contribution in [-0.2, 0) is 4.74 Å². The molecule has 0 bridgehead atoms. The lowest BCUT2D eigenvalue weighted by atomic mass is 9.87. The number of ether oxygens (including phenoxy) is 1. The smallest absolute Gasteiger partial charge is 0.0477 e. The van der Waals surface area contributed by atoms with E-state index in [4.69, 9.17) is 4.74 Å². The van der Waals surface area contributed by atoms with Crippen molar-refractivity contribution in [2.45, 2.75) is 52.0 Å². The predicted octanol–water partition coefficient (Wildman–Crippen LogP) is 2.58. The molecule has 0 aromatic rings. The number of nitrogens with one attached hydrogen (secondary N) is 1. The molecule has 0 saturated heterocycles. The van der Waals surface area contributed by atoms with Gasteiger partial charge in [-0.1, -0.05) is 19.8 Å². The van der Waals surface area contributed by atoms with E-state index in [1.54, 1.807) is 0 Å². The molecule has 1 aliphatic carbocycles. The Morgan fingerprint density at radius 3 is 2.93 bits per heavy atom. The van der Waals surface area contributed by atoms with Gasteiger partial charge in [0.2, 0.25) is 0 Å². The Morgan fingerprint density at radius 1 is 1.36 bits per heavy atom. The molecule has 84 valence electrons. The maximum atomic E-state index is 5.30. The molecule has 0 aromatic heterocycles. The van der Waals surface area contributed by atoms with Crippen LogP contribution >= 0.6 is 0 Å². The van der Waals surface area contributed by atoms with Crippen molar-refractivity contribution in [1.82, 2.24) is 5.32 Å². The zero-order valence-electron chi connectivity index (χ0n) is 9.72. The molecule has 14 heavy (non-hydrogen) atoms. The zero-order chi connectivity index (χ0) is 10.2. The molecule has 1 saturated carbocycles. The van der Waals surface area contributed by atoms with Crippen molar-refractivity contribution in [3.05, 3.63) is 0 Å². The van der Waals surface area contributed by atoms with Crippen LogP contribution in [0, 0.1) is 5.92 Å². The molecule has 0 heterocycles. The van der Waals surface area contributed by atoms with Gasteiger partial charge in [0.15, 0.2) is 0 Å². The van der Waals surface area contributed by atoms with E-state index in [0.717, 1.165) is 38.1 Å². The van der Waals surface area contributed by atoms with Gasteiger partial charge < -0.3 is 10.1 Å². The highest BCUT2D eigenvalue weighted by Crippen LogP contribution is 2.23. The first-order valence-electron chi connectivity index (χ1n) is 6.14. The van der Waals surface area contributed by atoms with Gasteiger partial charge >= 0.3 is 0 Å². The third kappa shape index (κ3) is 4.97. The summed E-state index contributed by atoms with van der Waals surface area (Å²) in [5, 5.41) is 3.63. The van der Waals surface area contributed by atoms with Crippen molar-refractivity contribution >= 4 is 0 Å². The van der Waals surface area contributed by atoms with Crippen LogP contribution in [0.4, 0.5) is 0 Å². The largest absolute Gasteiger partial charge is 0.382 e. The zero-order valence-corrected chi connectivity index (χ0v) is 9.72. The van der Waals surface area contributed by atoms with E-state index in [1.807, 2.05) is 0 Å². The lowest BCUT2D eigenvalue weighted by molar-refractivity contribution is 0.143. The van der Waals surface area contributed by atoms with Crippen LogP contribution < -0.4 is 5.32 Å². The van der Waals surface area contributed by atoms with E-state index in [0.29, 0.717) is 0 Å². The first kappa shape index (κ1) is 12.0. The van der Waals surface area contributed by atoms with Crippen LogP contribution in [0.5, 0.6) is 0 Å². The standard InChI is InChI=1S/C12H25NO/c1-3-14-9-5-8-13-12-7-4-6-11(2)10-12/h11-13H,3-10H2,1-2H3. The molecule has 2 heteroatoms. The monoisotopic (exact) mass is 199 g/mol. The lowest BCUT2D eigenvalue weighted by Gasteiger charge is -2.27. The summed E-state index contributed by atoms with van der Waals surface area (Å²) in [6.45, 7) is 7.30. The number of hydrogen-bond donors (Lipinski definition) is 1. The fraction of sp³-hybridized carbons (Fsp3) is 1.00. The Bertz CT molecular complexity index is 138. The molecule has 0 aromatic carbocycles. The summed E-state index contributed by atoms with van der Waals surface area (Å²) < 4.78 is 5.30. The van der Waals surface area contributed by atoms with Crippen LogP contribution in [0.3, 0.4) is 0 Å². The van der Waals surface area contributed by atoms with E-state index in [1.165, 1.54) is 25.7 Å². The van der Waals surface area contributed by atoms with E-state index in [2.05, 4.69) is 19.2 Å². The van der Waals surface area contributed by atoms with Gasteiger partial charge in [-0.15, -0.1) is 0 Å². The van der Waals surface area contributed by atoms with Gasteiger partial charge in [-0.25, -0.2) is 0 Å². The summed E-state index contributed by atoms with van der Waals surface area (Å²) >= 11 is 0. The van der Waals surface area contributed by atoms with E-state index in [9.17, 15) is 0 Å². The maximum absolute atomic E-state index is 5.30. The predicted molar refractivity (Wildman–Crippen MR) is 60.5 cm³/mol. The van der Waals surface area contributed by atoms with Gasteiger partial charge in [0, 0.05) is 19.3 Å². The van der Waals surface area contributed by atoms with Gasteiger partial charge in [0.25, 0.3) is 0 Å². The van der Waals surface area contributed by atoms with Crippen LogP contribution in [0.25, 0.3) is 0 Å². The van der Waals surface area contributed by atoms with Crippen LogP contribution in [0.1, 0.15) is 46.0 Å². The first-order valence-corrected chi connectivity index (χ1v) is 6.14. The van der Waals surface area contributed by atoms with Gasteiger partial charge in [-0.2, -0.15) is 0 Å². The quantitative estimate of drug-likeness (QED) is 0.664. The molecule has 0 amide bonds. The van der Waals surface area contributed by atoms with Crippen LogP contribution in [0.15, 0.2) is 0 Å². The topological polar surface area (TPSA) is 21.3 Å². The van der Waals surface area contributed by atoms with Gasteiger partial charge in [0.05, 0.1) is 0 Å². The van der Waals surface area contributed by atoms with Crippen molar-refractivity contribution in [3.63, 3.8) is 0 Å². The van der Waals surface area contributed by atoms with Gasteiger partial charge in [0.1, 0.15) is 0 Å². The molecular formula is C12H25NO. The summed E-state index contributed by atoms with van der Waals surface area (Å²) in [7, 11) is 0. The summed E-state index contributed by atoms with van der Waals surface area (Å²) in [6, 6.07) is 0.778. The minimum atomic E-state index is 0.778. The van der Waals surface area contributed by atoms with E-state index >= 15 is 0 Å². The summed E-state index contributed by atoms with van der Waals surface area (Å²) in [6.07, 6.45) is 6.73. The normalized spacial score (nSPS) is 27.9. The van der Waals surface area contributed by atoms with E-state index < -0.39 is 0 Å². The molecule has 0 aliphatic heterocycles. The fourth-order valence-corrected chi connectivity index (χ4v) is 2.24. The Morgan fingerprint density at radius 2 is 2.21 bits per heavy atom. The van der Waals surface area contributed by atoms with Crippen molar-refractivity contribution in [2.75, 3.05) is 19.8 Å². The molecule has 2 atom stereocenters. The first-order chi connectivity index (χ1) is 6.83. The average Bonchev–Trinajstić information content (AvgIpc) is 2.18. The minimum absolute atomic E-state index is 0.778. The van der Waals surface area contributed by atoms with Crippen LogP contribution in [-0.4, -0.2) is 25.8 Å². The second kappa shape index (κ2) is 7.24. The van der Waals surface area contributed by atoms with Gasteiger partial charge in [-0.05, 0) is 38.6 Å². The van der Waals surface area contributed by atoms with Gasteiger partial charge in [-0.3, -0.25) is 0 Å². The molecule has 0 spiro atoms. The Balaban J connectivity index is 1.95. The molecule has 1 rings (SSSR count). The van der Waals surface area contributed by atoms with Crippen LogP contribution in [0.2, 0.25) is 0 Å². The third-order valence-corrected chi connectivity index (χ3v) is 3.04. The minimum Gasteiger partial charge on any atom is -0.382 e. The molecule has 1 aliphatic rings. The highest BCUT2D eigenvalue weighted by Gasteiger charge is 2.17. The Hall–Kier alpha value is -0.0800. The summed E-state index contributed by atoms with van der Waals surface area (Å²) in [5.41, 5.74) is 0. The second-order valence-electron chi connectivity index (χ2n) is 4.47. The molecule has 2 nitrogen and oxygen atoms in total. The fourth-order valence-electron chi connectivity index (χ4n) is 2.24. The average molecular weight is 199 g/mol. The van der Waals surface area contributed by atoms with Crippen molar-refractivity contribution < 1.29 is 4.74 Å². The van der Waals surface area contributed by atoms with Crippen molar-refractivity contribution in [1.29, 1.82) is 0 Å². The molecular weight excluding hydrogens is 174 g/mol. The molecule has 2 unspecified atom stereocenters. The number of hydrogen-bond acceptors (Lipinski definition) is 2.